The van der Waals surface area contributed by atoms with Crippen LogP contribution in [0.5, 0.6) is 0 Å². The van der Waals surface area contributed by atoms with Gasteiger partial charge in [0.2, 0.25) is 0 Å². The van der Waals surface area contributed by atoms with Gasteiger partial charge >= 0.3 is 12.1 Å². The second-order valence-corrected chi connectivity index (χ2v) is 5.23. The molecule has 0 saturated heterocycles. The number of hydrogen-bond acceptors (Lipinski definition) is 3. The van der Waals surface area contributed by atoms with Crippen LogP contribution in [0.15, 0.2) is 25.3 Å². The van der Waals surface area contributed by atoms with Crippen molar-refractivity contribution in [3.8, 4) is 0 Å². The van der Waals surface area contributed by atoms with Crippen molar-refractivity contribution in [2.24, 2.45) is 5.92 Å². The maximum absolute atomic E-state index is 11.9. The molecule has 1 N–H and O–H groups in total. The maximum Gasteiger partial charge on any atom is 0.410 e. The highest BCUT2D eigenvalue weighted by Gasteiger charge is 2.26. The minimum atomic E-state index is -0.961. The number of carbonyl (C=O) groups is 2. The Morgan fingerprint density at radius 1 is 1.32 bits per heavy atom. The third kappa shape index (κ3) is 7.28. The van der Waals surface area contributed by atoms with Crippen molar-refractivity contribution in [1.29, 1.82) is 0 Å². The van der Waals surface area contributed by atoms with E-state index in [-0.39, 0.29) is 13.1 Å². The van der Waals surface area contributed by atoms with E-state index >= 15 is 0 Å². The molecule has 0 heterocycles. The summed E-state index contributed by atoms with van der Waals surface area (Å²) < 4.78 is 5.23. The summed E-state index contributed by atoms with van der Waals surface area (Å²) in [6.45, 7) is 12.7. The highest BCUT2D eigenvalue weighted by Crippen LogP contribution is 2.13. The number of carboxylic acid groups (broad SMARTS) is 1. The maximum atomic E-state index is 11.9. The summed E-state index contributed by atoms with van der Waals surface area (Å²) in [5.41, 5.74) is -0.617. The standard InChI is InChI=1S/C14H23NO4/c1-6-8-11(12(16)17)10-15(9-7-2)13(18)19-14(3,4)5/h6-7,11H,1-2,8-10H2,3-5H3,(H,16,17). The van der Waals surface area contributed by atoms with Gasteiger partial charge in [-0.05, 0) is 27.2 Å². The highest BCUT2D eigenvalue weighted by molar-refractivity contribution is 5.73. The molecule has 0 aliphatic rings. The molecule has 0 aromatic heterocycles. The summed E-state index contributed by atoms with van der Waals surface area (Å²) >= 11 is 0. The Labute approximate surface area is 114 Å². The Kier molecular flexibility index (Phi) is 6.90. The fraction of sp³-hybridized carbons (Fsp3) is 0.571. The number of hydrogen-bond donors (Lipinski definition) is 1. The van der Waals surface area contributed by atoms with Crippen LogP contribution >= 0.6 is 0 Å². The zero-order valence-corrected chi connectivity index (χ0v) is 11.9. The lowest BCUT2D eigenvalue weighted by Crippen LogP contribution is -2.41. The number of carbonyl (C=O) groups excluding carboxylic acids is 1. The quantitative estimate of drug-likeness (QED) is 0.722. The molecule has 5 nitrogen and oxygen atoms in total. The summed E-state index contributed by atoms with van der Waals surface area (Å²) in [6.07, 6.45) is 2.82. The number of nitrogens with zero attached hydrogens (tertiary/aromatic N) is 1. The molecule has 0 aliphatic heterocycles. The van der Waals surface area contributed by atoms with Crippen LogP contribution in [-0.2, 0) is 9.53 Å². The average molecular weight is 269 g/mol. The first-order valence-corrected chi connectivity index (χ1v) is 6.13. The molecular formula is C14H23NO4. The van der Waals surface area contributed by atoms with E-state index < -0.39 is 23.6 Å². The molecule has 1 unspecified atom stereocenters. The van der Waals surface area contributed by atoms with Crippen LogP contribution < -0.4 is 0 Å². The van der Waals surface area contributed by atoms with Gasteiger partial charge in [0.1, 0.15) is 5.60 Å². The summed E-state index contributed by atoms with van der Waals surface area (Å²) in [4.78, 5) is 24.4. The predicted molar refractivity (Wildman–Crippen MR) is 73.9 cm³/mol. The molecule has 0 aromatic rings. The Morgan fingerprint density at radius 3 is 2.26 bits per heavy atom. The van der Waals surface area contributed by atoms with Crippen molar-refractivity contribution < 1.29 is 19.4 Å². The predicted octanol–water partition coefficient (Wildman–Crippen LogP) is 2.69. The number of aliphatic carboxylic acids is 1. The van der Waals surface area contributed by atoms with Gasteiger partial charge in [-0.15, -0.1) is 13.2 Å². The van der Waals surface area contributed by atoms with Crippen LogP contribution in [-0.4, -0.2) is 40.8 Å². The summed E-state index contributed by atoms with van der Waals surface area (Å²) in [5.74, 6) is -1.65. The number of carboxylic acids is 1. The van der Waals surface area contributed by atoms with E-state index in [0.717, 1.165) is 0 Å². The van der Waals surface area contributed by atoms with Crippen LogP contribution in [0.4, 0.5) is 4.79 Å². The molecule has 0 spiro atoms. The van der Waals surface area contributed by atoms with Gasteiger partial charge in [-0.2, -0.15) is 0 Å². The molecular weight excluding hydrogens is 246 g/mol. The number of ether oxygens (including phenoxy) is 1. The number of allylic oxidation sites excluding steroid dienone is 1. The zero-order valence-electron chi connectivity index (χ0n) is 11.9. The fourth-order valence-corrected chi connectivity index (χ4v) is 1.43. The van der Waals surface area contributed by atoms with Gasteiger partial charge < -0.3 is 14.7 Å². The molecule has 0 bridgehead atoms. The van der Waals surface area contributed by atoms with Crippen LogP contribution in [0.3, 0.4) is 0 Å². The molecule has 0 saturated carbocycles. The molecule has 108 valence electrons. The first-order valence-electron chi connectivity index (χ1n) is 6.13. The molecule has 1 atom stereocenters. The van der Waals surface area contributed by atoms with Gasteiger partial charge in [0, 0.05) is 13.1 Å². The Morgan fingerprint density at radius 2 is 1.89 bits per heavy atom. The third-order valence-electron chi connectivity index (χ3n) is 2.24. The normalized spacial score (nSPS) is 12.4. The number of amides is 1. The van der Waals surface area contributed by atoms with E-state index in [0.29, 0.717) is 6.42 Å². The average Bonchev–Trinajstić information content (AvgIpc) is 2.24. The highest BCUT2D eigenvalue weighted by atomic mass is 16.6. The van der Waals surface area contributed by atoms with Crippen molar-refractivity contribution in [3.05, 3.63) is 25.3 Å². The van der Waals surface area contributed by atoms with Crippen molar-refractivity contribution >= 4 is 12.1 Å². The van der Waals surface area contributed by atoms with Crippen LogP contribution in [0.25, 0.3) is 0 Å². The van der Waals surface area contributed by atoms with E-state index in [9.17, 15) is 9.59 Å². The lowest BCUT2D eigenvalue weighted by molar-refractivity contribution is -0.142. The molecule has 0 radical (unpaired) electrons. The van der Waals surface area contributed by atoms with Crippen LogP contribution in [0.2, 0.25) is 0 Å². The summed E-state index contributed by atoms with van der Waals surface area (Å²) in [5, 5.41) is 9.08. The van der Waals surface area contributed by atoms with Crippen LogP contribution in [0, 0.1) is 5.92 Å². The smallest absolute Gasteiger partial charge is 0.410 e. The summed E-state index contributed by atoms with van der Waals surface area (Å²) in [7, 11) is 0. The van der Waals surface area contributed by atoms with E-state index in [2.05, 4.69) is 13.2 Å². The molecule has 0 aliphatic carbocycles. The van der Waals surface area contributed by atoms with E-state index in [1.54, 1.807) is 20.8 Å². The topological polar surface area (TPSA) is 66.8 Å². The molecule has 0 rings (SSSR count). The van der Waals surface area contributed by atoms with Crippen molar-refractivity contribution in [1.82, 2.24) is 4.90 Å². The fourth-order valence-electron chi connectivity index (χ4n) is 1.43. The monoisotopic (exact) mass is 269 g/mol. The third-order valence-corrected chi connectivity index (χ3v) is 2.24. The van der Waals surface area contributed by atoms with Crippen molar-refractivity contribution in [3.63, 3.8) is 0 Å². The number of rotatable bonds is 7. The van der Waals surface area contributed by atoms with Gasteiger partial charge in [-0.3, -0.25) is 4.79 Å². The summed E-state index contributed by atoms with van der Waals surface area (Å²) in [6, 6.07) is 0. The molecule has 1 amide bonds. The largest absolute Gasteiger partial charge is 0.481 e. The van der Waals surface area contributed by atoms with Gasteiger partial charge in [-0.1, -0.05) is 12.2 Å². The molecule has 19 heavy (non-hydrogen) atoms. The SMILES string of the molecule is C=CCC(CN(CC=C)C(=O)OC(C)(C)C)C(=O)O. The molecule has 0 fully saturated rings. The van der Waals surface area contributed by atoms with E-state index in [1.165, 1.54) is 17.1 Å². The van der Waals surface area contributed by atoms with Gasteiger partial charge in [-0.25, -0.2) is 4.79 Å². The lowest BCUT2D eigenvalue weighted by atomic mass is 10.1. The molecule has 5 heteroatoms. The minimum absolute atomic E-state index is 0.0717. The molecule has 0 aromatic carbocycles. The van der Waals surface area contributed by atoms with Gasteiger partial charge in [0.25, 0.3) is 0 Å². The second kappa shape index (κ2) is 7.61. The Hall–Kier alpha value is -1.78. The lowest BCUT2D eigenvalue weighted by Gasteiger charge is -2.28. The van der Waals surface area contributed by atoms with Crippen molar-refractivity contribution in [2.45, 2.75) is 32.8 Å². The van der Waals surface area contributed by atoms with Crippen molar-refractivity contribution in [2.75, 3.05) is 13.1 Å². The van der Waals surface area contributed by atoms with E-state index in [4.69, 9.17) is 9.84 Å². The zero-order chi connectivity index (χ0) is 15.1. The Bertz CT molecular complexity index is 344. The first-order chi connectivity index (χ1) is 8.71. The minimum Gasteiger partial charge on any atom is -0.481 e. The van der Waals surface area contributed by atoms with Gasteiger partial charge in [0.05, 0.1) is 5.92 Å². The van der Waals surface area contributed by atoms with Gasteiger partial charge in [0.15, 0.2) is 0 Å². The Balaban J connectivity index is 4.79. The first kappa shape index (κ1) is 17.2. The van der Waals surface area contributed by atoms with E-state index in [1.807, 2.05) is 0 Å². The second-order valence-electron chi connectivity index (χ2n) is 5.23. The van der Waals surface area contributed by atoms with Crippen LogP contribution in [0.1, 0.15) is 27.2 Å².